The normalized spacial score (nSPS) is 12.3. The highest BCUT2D eigenvalue weighted by molar-refractivity contribution is 5.88. The number of ether oxygens (including phenoxy) is 1. The molecule has 2 aromatic heterocycles. The molecule has 1 aromatic carbocycles. The first-order chi connectivity index (χ1) is 15.2. The molecular weight excluding hydrogens is 418 g/mol. The minimum Gasteiger partial charge on any atom is -0.479 e. The summed E-state index contributed by atoms with van der Waals surface area (Å²) in [5.74, 6) is -0.244. The van der Waals surface area contributed by atoms with E-state index in [1.165, 1.54) is 24.7 Å². The smallest absolute Gasteiger partial charge is 0.244 e. The maximum absolute atomic E-state index is 15.0. The van der Waals surface area contributed by atoms with Crippen LogP contribution in [0.25, 0.3) is 16.6 Å². The Labute approximate surface area is 183 Å². The highest BCUT2D eigenvalue weighted by Gasteiger charge is 2.22. The Morgan fingerprint density at radius 3 is 2.75 bits per heavy atom. The van der Waals surface area contributed by atoms with E-state index in [9.17, 15) is 9.65 Å². The summed E-state index contributed by atoms with van der Waals surface area (Å²) in [5, 5.41) is 22.8. The summed E-state index contributed by atoms with van der Waals surface area (Å²) in [6, 6.07) is 6.92. The topological polar surface area (TPSA) is 123 Å². The molecule has 3 N–H and O–H groups in total. The highest BCUT2D eigenvalue weighted by Crippen LogP contribution is 2.37. The summed E-state index contributed by atoms with van der Waals surface area (Å²) in [6.45, 7) is 5.25. The highest BCUT2D eigenvalue weighted by atomic mass is 19.1. The number of nitriles is 1. The number of halogens is 2. The van der Waals surface area contributed by atoms with Crippen molar-refractivity contribution in [3.8, 4) is 23.1 Å². The number of aromatic nitrogens is 3. The van der Waals surface area contributed by atoms with Crippen molar-refractivity contribution in [2.45, 2.75) is 26.9 Å². The van der Waals surface area contributed by atoms with Gasteiger partial charge in [0.2, 0.25) is 11.8 Å². The molecule has 2 heterocycles. The van der Waals surface area contributed by atoms with Gasteiger partial charge in [-0.25, -0.2) is 18.8 Å². The van der Waals surface area contributed by atoms with Gasteiger partial charge in [-0.1, -0.05) is 6.07 Å². The van der Waals surface area contributed by atoms with E-state index in [0.717, 1.165) is 0 Å². The van der Waals surface area contributed by atoms with Crippen LogP contribution >= 0.6 is 0 Å². The third-order valence-electron chi connectivity index (χ3n) is 4.72. The van der Waals surface area contributed by atoms with Gasteiger partial charge >= 0.3 is 0 Å². The SMILES string of the molecule is COc1nc(NCC(C)(C)C#N)nn2cc(F)c(-c3ccc(N=N)c(NC[C@@H](C)F)c3)c12. The van der Waals surface area contributed by atoms with Crippen molar-refractivity contribution < 1.29 is 13.5 Å². The van der Waals surface area contributed by atoms with Gasteiger partial charge in [0.25, 0.3) is 0 Å². The lowest BCUT2D eigenvalue weighted by Gasteiger charge is -2.16. The fourth-order valence-electron chi connectivity index (χ4n) is 3.03. The van der Waals surface area contributed by atoms with Gasteiger partial charge in [0, 0.05) is 13.1 Å². The molecule has 0 saturated carbocycles. The summed E-state index contributed by atoms with van der Waals surface area (Å²) in [4.78, 5) is 4.32. The number of nitrogens with zero attached hydrogens (tertiary/aromatic N) is 5. The molecule has 0 fully saturated rings. The van der Waals surface area contributed by atoms with Crippen LogP contribution in [0.1, 0.15) is 20.8 Å². The van der Waals surface area contributed by atoms with E-state index in [-0.39, 0.29) is 30.5 Å². The zero-order chi connectivity index (χ0) is 23.5. The molecule has 3 aromatic rings. The number of benzene rings is 1. The van der Waals surface area contributed by atoms with Gasteiger partial charge in [0.05, 0.1) is 36.0 Å². The fraction of sp³-hybridized carbons (Fsp3) is 0.381. The number of hydrogen-bond donors (Lipinski definition) is 3. The fourth-order valence-corrected chi connectivity index (χ4v) is 3.03. The monoisotopic (exact) mass is 442 g/mol. The maximum atomic E-state index is 15.0. The van der Waals surface area contributed by atoms with E-state index in [2.05, 4.69) is 31.9 Å². The molecule has 0 bridgehead atoms. The Bertz CT molecular complexity index is 1180. The molecule has 0 radical (unpaired) electrons. The van der Waals surface area contributed by atoms with Crippen LogP contribution in [0.4, 0.5) is 26.1 Å². The number of hydrogen-bond acceptors (Lipinski definition) is 8. The van der Waals surface area contributed by atoms with Gasteiger partial charge in [-0.05, 0) is 38.5 Å². The number of nitrogens with one attached hydrogen (secondary N) is 3. The van der Waals surface area contributed by atoms with Gasteiger partial charge in [0.1, 0.15) is 17.4 Å². The Kier molecular flexibility index (Phi) is 6.53. The van der Waals surface area contributed by atoms with Crippen LogP contribution in [0.2, 0.25) is 0 Å². The zero-order valence-corrected chi connectivity index (χ0v) is 18.2. The lowest BCUT2D eigenvalue weighted by atomic mass is 9.96. The van der Waals surface area contributed by atoms with Crippen molar-refractivity contribution in [2.24, 2.45) is 10.5 Å². The van der Waals surface area contributed by atoms with Gasteiger partial charge in [-0.2, -0.15) is 15.4 Å². The van der Waals surface area contributed by atoms with Crippen LogP contribution in [0.5, 0.6) is 5.88 Å². The molecule has 0 aliphatic rings. The van der Waals surface area contributed by atoms with Gasteiger partial charge in [-0.15, -0.1) is 5.10 Å². The van der Waals surface area contributed by atoms with E-state index in [0.29, 0.717) is 22.5 Å². The molecule has 1 atom stereocenters. The molecular formula is C21H24F2N8O. The molecule has 32 heavy (non-hydrogen) atoms. The number of fused-ring (bicyclic) bond motifs is 1. The van der Waals surface area contributed by atoms with Crippen LogP contribution in [0.15, 0.2) is 29.5 Å². The molecule has 168 valence electrons. The van der Waals surface area contributed by atoms with Gasteiger partial charge in [0.15, 0.2) is 5.82 Å². The van der Waals surface area contributed by atoms with Crippen molar-refractivity contribution >= 4 is 22.8 Å². The number of alkyl halides is 1. The predicted octanol–water partition coefficient (Wildman–Crippen LogP) is 4.94. The van der Waals surface area contributed by atoms with Crippen molar-refractivity contribution in [3.05, 3.63) is 30.2 Å². The maximum Gasteiger partial charge on any atom is 0.244 e. The van der Waals surface area contributed by atoms with Crippen molar-refractivity contribution in [3.63, 3.8) is 0 Å². The average molecular weight is 442 g/mol. The van der Waals surface area contributed by atoms with Crippen LogP contribution in [0, 0.1) is 28.1 Å². The largest absolute Gasteiger partial charge is 0.479 e. The first-order valence-electron chi connectivity index (χ1n) is 9.87. The average Bonchev–Trinajstić information content (AvgIpc) is 3.11. The van der Waals surface area contributed by atoms with Crippen molar-refractivity contribution in [1.82, 2.24) is 14.6 Å². The molecule has 0 spiro atoms. The van der Waals surface area contributed by atoms with Crippen LogP contribution in [-0.4, -0.2) is 41.0 Å². The number of rotatable bonds is 9. The minimum absolute atomic E-state index is 0.0193. The third kappa shape index (κ3) is 4.74. The molecule has 0 amide bonds. The molecule has 3 rings (SSSR count). The molecule has 0 aliphatic heterocycles. The second-order valence-electron chi connectivity index (χ2n) is 7.94. The summed E-state index contributed by atoms with van der Waals surface area (Å²) >= 11 is 0. The van der Waals surface area contributed by atoms with Crippen molar-refractivity contribution in [2.75, 3.05) is 30.8 Å². The summed E-state index contributed by atoms with van der Waals surface area (Å²) in [6.07, 6.45) is 0.0874. The van der Waals surface area contributed by atoms with Crippen LogP contribution in [0.3, 0.4) is 0 Å². The number of methoxy groups -OCH3 is 1. The van der Waals surface area contributed by atoms with Crippen LogP contribution < -0.4 is 15.4 Å². The molecule has 11 heteroatoms. The zero-order valence-electron chi connectivity index (χ0n) is 18.2. The Morgan fingerprint density at radius 1 is 1.38 bits per heavy atom. The van der Waals surface area contributed by atoms with E-state index >= 15 is 4.39 Å². The van der Waals surface area contributed by atoms with E-state index < -0.39 is 17.4 Å². The summed E-state index contributed by atoms with van der Waals surface area (Å²) in [5.41, 5.74) is 8.32. The third-order valence-corrected chi connectivity index (χ3v) is 4.72. The number of anilines is 2. The second kappa shape index (κ2) is 9.13. The van der Waals surface area contributed by atoms with Gasteiger partial charge < -0.3 is 15.4 Å². The lowest BCUT2D eigenvalue weighted by molar-refractivity contribution is 0.378. The second-order valence-corrected chi connectivity index (χ2v) is 7.94. The predicted molar refractivity (Wildman–Crippen MR) is 117 cm³/mol. The quantitative estimate of drug-likeness (QED) is 0.403. The van der Waals surface area contributed by atoms with E-state index in [4.69, 9.17) is 10.3 Å². The Balaban J connectivity index is 2.08. The lowest BCUT2D eigenvalue weighted by Crippen LogP contribution is -2.22. The van der Waals surface area contributed by atoms with E-state index in [1.54, 1.807) is 32.0 Å². The van der Waals surface area contributed by atoms with Crippen molar-refractivity contribution in [1.29, 1.82) is 10.8 Å². The van der Waals surface area contributed by atoms with E-state index in [1.807, 2.05) is 0 Å². The van der Waals surface area contributed by atoms with Gasteiger partial charge in [-0.3, -0.25) is 0 Å². The minimum atomic E-state index is -1.12. The Hall–Kier alpha value is -3.81. The molecule has 9 nitrogen and oxygen atoms in total. The summed E-state index contributed by atoms with van der Waals surface area (Å²) < 4.78 is 35.1. The summed E-state index contributed by atoms with van der Waals surface area (Å²) in [7, 11) is 1.41. The standard InChI is InChI=1S/C21H24F2N8O/c1-12(22)8-26-16-7-13(5-6-15(16)29-25)17-14(23)9-31-18(17)19(32-4)28-20(30-31)27-11-21(2,3)10-24/h5-7,9,12,25-26H,8,11H2,1-4H3,(H,27,30)/t12-/m1/s1. The molecule has 0 saturated heterocycles. The molecule has 0 aliphatic carbocycles. The molecule has 0 unspecified atom stereocenters. The van der Waals surface area contributed by atoms with Crippen LogP contribution in [-0.2, 0) is 0 Å². The first kappa shape index (κ1) is 22.9. The Morgan fingerprint density at radius 2 is 2.12 bits per heavy atom. The first-order valence-corrected chi connectivity index (χ1v) is 9.87.